The van der Waals surface area contributed by atoms with Crippen molar-refractivity contribution < 1.29 is 4.74 Å². The minimum atomic E-state index is 0.554. The molecule has 0 aliphatic heterocycles. The van der Waals surface area contributed by atoms with Crippen LogP contribution in [0.1, 0.15) is 30.9 Å². The molecule has 1 aromatic heterocycles. The number of rotatable bonds is 8. The van der Waals surface area contributed by atoms with Crippen molar-refractivity contribution in [1.82, 2.24) is 14.9 Å². The molecule has 0 bridgehead atoms. The van der Waals surface area contributed by atoms with Gasteiger partial charge in [0, 0.05) is 0 Å². The third-order valence-electron chi connectivity index (χ3n) is 4.06. The number of anilines is 1. The molecule has 0 saturated heterocycles. The molecule has 7 heteroatoms. The molecule has 0 spiro atoms. The van der Waals surface area contributed by atoms with Crippen LogP contribution in [0.2, 0.25) is 5.02 Å². The highest BCUT2D eigenvalue weighted by molar-refractivity contribution is 6.32. The van der Waals surface area contributed by atoms with Crippen LogP contribution in [0.25, 0.3) is 0 Å². The first-order valence-corrected chi connectivity index (χ1v) is 9.13. The number of hydrogen-bond acceptors (Lipinski definition) is 5. The molecular formula is C20H20ClN5O. The Morgan fingerprint density at radius 1 is 1.15 bits per heavy atom. The van der Waals surface area contributed by atoms with Crippen molar-refractivity contribution in [3.05, 3.63) is 71.3 Å². The molecule has 0 aliphatic carbocycles. The van der Waals surface area contributed by atoms with Crippen molar-refractivity contribution in [3.63, 3.8) is 0 Å². The second kappa shape index (κ2) is 9.06. The van der Waals surface area contributed by atoms with E-state index < -0.39 is 0 Å². The average Bonchev–Trinajstić information content (AvgIpc) is 3.22. The van der Waals surface area contributed by atoms with E-state index in [9.17, 15) is 0 Å². The van der Waals surface area contributed by atoms with E-state index >= 15 is 0 Å². The highest BCUT2D eigenvalue weighted by Gasteiger charge is 2.12. The van der Waals surface area contributed by atoms with E-state index in [0.717, 1.165) is 24.1 Å². The fraction of sp³-hybridized carbons (Fsp3) is 0.250. The zero-order valence-electron chi connectivity index (χ0n) is 15.0. The number of hydrogen-bond donors (Lipinski definition) is 0. The van der Waals surface area contributed by atoms with Gasteiger partial charge in [0.1, 0.15) is 18.4 Å². The third kappa shape index (κ3) is 4.78. The molecule has 0 fully saturated rings. The molecule has 138 valence electrons. The molecule has 0 atom stereocenters. The molecule has 0 radical (unpaired) electrons. The quantitative estimate of drug-likeness (QED) is 0.539. The van der Waals surface area contributed by atoms with Gasteiger partial charge in [-0.05, 0) is 48.4 Å². The molecule has 6 nitrogen and oxygen atoms in total. The normalized spacial score (nSPS) is 10.4. The molecule has 1 heterocycles. The van der Waals surface area contributed by atoms with Crippen molar-refractivity contribution in [2.24, 2.45) is 0 Å². The second-order valence-electron chi connectivity index (χ2n) is 6.03. The second-order valence-corrected chi connectivity index (χ2v) is 6.43. The smallest absolute Gasteiger partial charge is 0.139 e. The third-order valence-corrected chi connectivity index (χ3v) is 4.36. The van der Waals surface area contributed by atoms with E-state index in [4.69, 9.17) is 21.6 Å². The summed E-state index contributed by atoms with van der Waals surface area (Å²) in [6.45, 7) is 3.34. The van der Waals surface area contributed by atoms with Gasteiger partial charge in [0.05, 0.1) is 35.5 Å². The van der Waals surface area contributed by atoms with Crippen LogP contribution in [0, 0.1) is 11.3 Å². The maximum Gasteiger partial charge on any atom is 0.139 e. The molecule has 0 saturated carbocycles. The Morgan fingerprint density at radius 2 is 1.89 bits per heavy atom. The van der Waals surface area contributed by atoms with Gasteiger partial charge in [-0.25, -0.2) is 4.68 Å². The minimum absolute atomic E-state index is 0.554. The first-order valence-electron chi connectivity index (χ1n) is 8.75. The van der Waals surface area contributed by atoms with Crippen molar-refractivity contribution in [3.8, 4) is 11.8 Å². The van der Waals surface area contributed by atoms with Crippen LogP contribution in [0.3, 0.4) is 0 Å². The first kappa shape index (κ1) is 18.7. The lowest BCUT2D eigenvalue weighted by atomic mass is 10.2. The molecule has 2 aromatic carbocycles. The molecule has 0 N–H and O–H groups in total. The van der Waals surface area contributed by atoms with Crippen LogP contribution in [0.5, 0.6) is 5.75 Å². The van der Waals surface area contributed by atoms with Crippen molar-refractivity contribution in [2.75, 3.05) is 11.6 Å². The van der Waals surface area contributed by atoms with Gasteiger partial charge in [-0.15, -0.1) is 10.2 Å². The zero-order valence-corrected chi connectivity index (χ0v) is 15.8. The lowest BCUT2D eigenvalue weighted by Crippen LogP contribution is -2.27. The summed E-state index contributed by atoms with van der Waals surface area (Å²) < 4.78 is 7.51. The number of benzene rings is 2. The van der Waals surface area contributed by atoms with E-state index in [0.29, 0.717) is 29.5 Å². The highest BCUT2D eigenvalue weighted by atomic mass is 35.5. The van der Waals surface area contributed by atoms with Crippen LogP contribution < -0.4 is 9.75 Å². The fourth-order valence-electron chi connectivity index (χ4n) is 2.59. The number of aromatic nitrogens is 3. The summed E-state index contributed by atoms with van der Waals surface area (Å²) in [4.78, 5) is 0. The summed E-state index contributed by atoms with van der Waals surface area (Å²) in [6.07, 6.45) is 5.33. The molecule has 27 heavy (non-hydrogen) atoms. The van der Waals surface area contributed by atoms with Crippen molar-refractivity contribution >= 4 is 17.3 Å². The fourth-order valence-corrected chi connectivity index (χ4v) is 2.85. The predicted octanol–water partition coefficient (Wildman–Crippen LogP) is 4.45. The summed E-state index contributed by atoms with van der Waals surface area (Å²) in [7, 11) is 0. The number of halogens is 1. The van der Waals surface area contributed by atoms with Gasteiger partial charge in [0.2, 0.25) is 0 Å². The highest BCUT2D eigenvalue weighted by Crippen LogP contribution is 2.27. The monoisotopic (exact) mass is 381 g/mol. The number of nitriles is 1. The van der Waals surface area contributed by atoms with E-state index in [-0.39, 0.29) is 0 Å². The standard InChI is InChI=1S/C20H20ClN5O/c1-2-3-10-27-20-9-6-17(11-19(20)21)13-26(25-14-23-24-15-25)18-7-4-16(12-22)5-8-18/h4-9,11,14-15H,2-3,10,13H2,1H3. The van der Waals surface area contributed by atoms with Crippen LogP contribution in [0.15, 0.2) is 55.1 Å². The Balaban J connectivity index is 1.82. The van der Waals surface area contributed by atoms with E-state index in [1.165, 1.54) is 0 Å². The van der Waals surface area contributed by atoms with Gasteiger partial charge >= 0.3 is 0 Å². The van der Waals surface area contributed by atoms with Crippen LogP contribution >= 0.6 is 11.6 Å². The lowest BCUT2D eigenvalue weighted by Gasteiger charge is -2.25. The Hall–Kier alpha value is -3.04. The first-order chi connectivity index (χ1) is 13.2. The topological polar surface area (TPSA) is 67.0 Å². The minimum Gasteiger partial charge on any atom is -0.492 e. The lowest BCUT2D eigenvalue weighted by molar-refractivity contribution is 0.309. The maximum atomic E-state index is 9.00. The average molecular weight is 382 g/mol. The Bertz CT molecular complexity index is 903. The van der Waals surface area contributed by atoms with Gasteiger partial charge in [-0.3, -0.25) is 5.01 Å². The molecule has 0 unspecified atom stereocenters. The van der Waals surface area contributed by atoms with Gasteiger partial charge in [-0.2, -0.15) is 5.26 Å². The largest absolute Gasteiger partial charge is 0.492 e. The maximum absolute atomic E-state index is 9.00. The Labute approximate surface area is 163 Å². The van der Waals surface area contributed by atoms with Crippen molar-refractivity contribution in [2.45, 2.75) is 26.3 Å². The summed E-state index contributed by atoms with van der Waals surface area (Å²) in [5, 5.41) is 19.4. The SMILES string of the molecule is CCCCOc1ccc(CN(c2ccc(C#N)cc2)n2cnnc2)cc1Cl. The summed E-state index contributed by atoms with van der Waals surface area (Å²) in [5.41, 5.74) is 2.54. The molecular weight excluding hydrogens is 362 g/mol. The molecule has 0 aliphatic rings. The van der Waals surface area contributed by atoms with Crippen molar-refractivity contribution in [1.29, 1.82) is 5.26 Å². The van der Waals surface area contributed by atoms with Crippen LogP contribution in [-0.4, -0.2) is 21.5 Å². The molecule has 0 amide bonds. The van der Waals surface area contributed by atoms with Gasteiger partial charge in [0.15, 0.2) is 0 Å². The van der Waals surface area contributed by atoms with Gasteiger partial charge in [0.25, 0.3) is 0 Å². The Morgan fingerprint density at radius 3 is 2.52 bits per heavy atom. The summed E-state index contributed by atoms with van der Waals surface area (Å²) in [6, 6.07) is 15.3. The number of unbranched alkanes of at least 4 members (excludes halogenated alkanes) is 1. The molecule has 3 rings (SSSR count). The van der Waals surface area contributed by atoms with E-state index in [1.54, 1.807) is 29.5 Å². The predicted molar refractivity (Wildman–Crippen MR) is 105 cm³/mol. The summed E-state index contributed by atoms with van der Waals surface area (Å²) >= 11 is 6.39. The van der Waals surface area contributed by atoms with E-state index in [1.807, 2.05) is 35.3 Å². The summed E-state index contributed by atoms with van der Waals surface area (Å²) in [5.74, 6) is 0.697. The zero-order chi connectivity index (χ0) is 19.1. The van der Waals surface area contributed by atoms with Crippen LogP contribution in [0.4, 0.5) is 5.69 Å². The number of nitrogens with zero attached hydrogens (tertiary/aromatic N) is 5. The van der Waals surface area contributed by atoms with Gasteiger partial charge < -0.3 is 4.74 Å². The van der Waals surface area contributed by atoms with Gasteiger partial charge in [-0.1, -0.05) is 31.0 Å². The number of ether oxygens (including phenoxy) is 1. The van der Waals surface area contributed by atoms with Crippen LogP contribution in [-0.2, 0) is 6.54 Å². The Kier molecular flexibility index (Phi) is 6.29. The molecule has 3 aromatic rings. The van der Waals surface area contributed by atoms with E-state index in [2.05, 4.69) is 23.2 Å².